The zero-order chi connectivity index (χ0) is 21.3. The Labute approximate surface area is 177 Å². The lowest BCUT2D eigenvalue weighted by atomic mass is 9.96. The summed E-state index contributed by atoms with van der Waals surface area (Å²) in [5.74, 6) is 1.59. The number of rotatable bonds is 5. The number of nitrogens with zero attached hydrogens (tertiary/aromatic N) is 4. The highest BCUT2D eigenvalue weighted by atomic mass is 32.2. The summed E-state index contributed by atoms with van der Waals surface area (Å²) in [7, 11) is -3.46. The smallest absolute Gasteiger partial charge is 0.253 e. The number of piperidine rings is 1. The zero-order valence-corrected chi connectivity index (χ0v) is 18.3. The number of aromatic nitrogens is 2. The quantitative estimate of drug-likeness (QED) is 0.721. The van der Waals surface area contributed by atoms with Gasteiger partial charge in [0, 0.05) is 43.6 Å². The number of amides is 1. The molecule has 0 saturated carbocycles. The predicted octanol–water partition coefficient (Wildman–Crippen LogP) is 3.00. The van der Waals surface area contributed by atoms with Crippen LogP contribution in [0.25, 0.3) is 0 Å². The molecule has 0 radical (unpaired) electrons. The number of benzene rings is 1. The molecule has 0 bridgehead atoms. The van der Waals surface area contributed by atoms with Crippen LogP contribution >= 0.6 is 0 Å². The summed E-state index contributed by atoms with van der Waals surface area (Å²) in [5, 5.41) is 8.27. The molecule has 1 aromatic carbocycles. The summed E-state index contributed by atoms with van der Waals surface area (Å²) in [6, 6.07) is 6.31. The first kappa shape index (κ1) is 21.0. The summed E-state index contributed by atoms with van der Waals surface area (Å²) >= 11 is 0. The molecule has 1 aromatic heterocycles. The van der Waals surface area contributed by atoms with E-state index in [-0.39, 0.29) is 22.6 Å². The van der Waals surface area contributed by atoms with Crippen molar-refractivity contribution < 1.29 is 17.6 Å². The molecule has 2 saturated heterocycles. The second-order valence-electron chi connectivity index (χ2n) is 8.34. The van der Waals surface area contributed by atoms with Gasteiger partial charge in [0.25, 0.3) is 5.91 Å². The van der Waals surface area contributed by atoms with Gasteiger partial charge in [-0.15, -0.1) is 10.2 Å². The predicted molar refractivity (Wildman–Crippen MR) is 111 cm³/mol. The van der Waals surface area contributed by atoms with Crippen LogP contribution in [0.2, 0.25) is 0 Å². The lowest BCUT2D eigenvalue weighted by Crippen LogP contribution is -2.38. The minimum atomic E-state index is -3.46. The average molecular weight is 433 g/mol. The number of carbonyl (C=O) groups excluding carboxylic acids is 1. The summed E-state index contributed by atoms with van der Waals surface area (Å²) in [5.41, 5.74) is 0.508. The molecule has 162 valence electrons. The van der Waals surface area contributed by atoms with E-state index in [1.54, 1.807) is 29.2 Å². The molecule has 2 aromatic rings. The lowest BCUT2D eigenvalue weighted by molar-refractivity contribution is 0.0706. The first-order valence-electron chi connectivity index (χ1n) is 10.6. The number of hydrogen-bond acceptors (Lipinski definition) is 6. The molecule has 30 heavy (non-hydrogen) atoms. The van der Waals surface area contributed by atoms with Gasteiger partial charge in [-0.1, -0.05) is 13.8 Å². The van der Waals surface area contributed by atoms with E-state index >= 15 is 0 Å². The summed E-state index contributed by atoms with van der Waals surface area (Å²) in [6.07, 6.45) is 3.34. The number of carbonyl (C=O) groups is 1. The van der Waals surface area contributed by atoms with Crippen molar-refractivity contribution in [3.8, 4) is 0 Å². The molecule has 0 unspecified atom stereocenters. The van der Waals surface area contributed by atoms with E-state index in [1.165, 1.54) is 4.31 Å². The van der Waals surface area contributed by atoms with Gasteiger partial charge in [0.15, 0.2) is 0 Å². The molecule has 4 rings (SSSR count). The molecular formula is C21H28N4O4S. The van der Waals surface area contributed by atoms with Crippen LogP contribution in [-0.2, 0) is 10.0 Å². The fourth-order valence-electron chi connectivity index (χ4n) is 4.00. The Morgan fingerprint density at radius 3 is 2.23 bits per heavy atom. The van der Waals surface area contributed by atoms with Crippen molar-refractivity contribution in [3.05, 3.63) is 41.6 Å². The molecule has 2 fully saturated rings. The van der Waals surface area contributed by atoms with Crippen LogP contribution in [-0.4, -0.2) is 59.9 Å². The topological polar surface area (TPSA) is 96.6 Å². The molecule has 2 aliphatic heterocycles. The Morgan fingerprint density at radius 1 is 1.03 bits per heavy atom. The maximum Gasteiger partial charge on any atom is 0.253 e. The van der Waals surface area contributed by atoms with Crippen molar-refractivity contribution in [1.29, 1.82) is 0 Å². The highest BCUT2D eigenvalue weighted by Crippen LogP contribution is 2.29. The zero-order valence-electron chi connectivity index (χ0n) is 17.5. The van der Waals surface area contributed by atoms with E-state index in [0.717, 1.165) is 25.7 Å². The van der Waals surface area contributed by atoms with Crippen LogP contribution in [0.15, 0.2) is 33.6 Å². The summed E-state index contributed by atoms with van der Waals surface area (Å²) in [6.45, 7) is 6.38. The van der Waals surface area contributed by atoms with Gasteiger partial charge in [-0.05, 0) is 49.9 Å². The van der Waals surface area contributed by atoms with Crippen LogP contribution in [0.4, 0.5) is 0 Å². The third kappa shape index (κ3) is 4.13. The molecule has 9 heteroatoms. The Bertz CT molecular complexity index is 986. The van der Waals surface area contributed by atoms with E-state index in [0.29, 0.717) is 43.5 Å². The first-order valence-corrected chi connectivity index (χ1v) is 12.0. The Hall–Kier alpha value is -2.26. The minimum absolute atomic E-state index is 0.0769. The lowest BCUT2D eigenvalue weighted by Gasteiger charge is -2.30. The van der Waals surface area contributed by atoms with Crippen molar-refractivity contribution in [1.82, 2.24) is 19.4 Å². The minimum Gasteiger partial charge on any atom is -0.425 e. The monoisotopic (exact) mass is 432 g/mol. The Balaban J connectivity index is 1.38. The molecule has 0 atom stereocenters. The van der Waals surface area contributed by atoms with Gasteiger partial charge in [-0.3, -0.25) is 4.79 Å². The molecule has 8 nitrogen and oxygen atoms in total. The van der Waals surface area contributed by atoms with E-state index < -0.39 is 10.0 Å². The fraction of sp³-hybridized carbons (Fsp3) is 0.571. The van der Waals surface area contributed by atoms with Gasteiger partial charge >= 0.3 is 0 Å². The van der Waals surface area contributed by atoms with Crippen LogP contribution in [0.5, 0.6) is 0 Å². The molecule has 2 aliphatic rings. The van der Waals surface area contributed by atoms with Crippen LogP contribution < -0.4 is 0 Å². The van der Waals surface area contributed by atoms with Crippen molar-refractivity contribution >= 4 is 15.9 Å². The van der Waals surface area contributed by atoms with Gasteiger partial charge < -0.3 is 9.32 Å². The van der Waals surface area contributed by atoms with Gasteiger partial charge in [-0.25, -0.2) is 8.42 Å². The van der Waals surface area contributed by atoms with E-state index in [9.17, 15) is 13.2 Å². The maximum atomic E-state index is 12.9. The second kappa shape index (κ2) is 8.47. The standard InChI is InChI=1S/C21H28N4O4S/c1-15(2)19-22-23-20(29-19)16-9-13-24(14-10-16)21(26)17-5-7-18(8-6-17)30(27,28)25-11-3-4-12-25/h5-8,15-16H,3-4,9-14H2,1-2H3. The van der Waals surface area contributed by atoms with Crippen LogP contribution in [0.1, 0.15) is 73.5 Å². The van der Waals surface area contributed by atoms with E-state index in [1.807, 2.05) is 13.8 Å². The normalized spacial score (nSPS) is 19.0. The van der Waals surface area contributed by atoms with Crippen molar-refractivity contribution in [3.63, 3.8) is 0 Å². The Kier molecular flexibility index (Phi) is 5.92. The van der Waals surface area contributed by atoms with Gasteiger partial charge in [0.1, 0.15) is 0 Å². The van der Waals surface area contributed by atoms with Crippen molar-refractivity contribution in [2.75, 3.05) is 26.2 Å². The number of likely N-dealkylation sites (tertiary alicyclic amines) is 1. The molecule has 0 N–H and O–H groups in total. The summed E-state index contributed by atoms with van der Waals surface area (Å²) in [4.78, 5) is 14.9. The highest BCUT2D eigenvalue weighted by Gasteiger charge is 2.30. The molecule has 3 heterocycles. The van der Waals surface area contributed by atoms with Gasteiger partial charge in [0.2, 0.25) is 21.8 Å². The number of sulfonamides is 1. The van der Waals surface area contributed by atoms with E-state index in [2.05, 4.69) is 10.2 Å². The molecule has 1 amide bonds. The summed E-state index contributed by atoms with van der Waals surface area (Å²) < 4.78 is 32.6. The van der Waals surface area contributed by atoms with Crippen molar-refractivity contribution in [2.45, 2.75) is 56.3 Å². The highest BCUT2D eigenvalue weighted by molar-refractivity contribution is 7.89. The van der Waals surface area contributed by atoms with Crippen molar-refractivity contribution in [2.24, 2.45) is 0 Å². The molecule has 0 spiro atoms. The van der Waals surface area contributed by atoms with Gasteiger partial charge in [0.05, 0.1) is 4.90 Å². The second-order valence-corrected chi connectivity index (χ2v) is 10.3. The van der Waals surface area contributed by atoms with E-state index in [4.69, 9.17) is 4.42 Å². The fourth-order valence-corrected chi connectivity index (χ4v) is 5.52. The number of hydrogen-bond donors (Lipinski definition) is 0. The first-order chi connectivity index (χ1) is 14.4. The Morgan fingerprint density at radius 2 is 1.67 bits per heavy atom. The molecule has 0 aliphatic carbocycles. The third-order valence-electron chi connectivity index (χ3n) is 5.89. The SMILES string of the molecule is CC(C)c1nnc(C2CCN(C(=O)c3ccc(S(=O)(=O)N4CCCC4)cc3)CC2)o1. The van der Waals surface area contributed by atoms with Crippen LogP contribution in [0, 0.1) is 0 Å². The average Bonchev–Trinajstić information content (AvgIpc) is 3.46. The maximum absolute atomic E-state index is 12.9. The largest absolute Gasteiger partial charge is 0.425 e. The third-order valence-corrected chi connectivity index (χ3v) is 7.80. The molecular weight excluding hydrogens is 404 g/mol. The van der Waals surface area contributed by atoms with Crippen LogP contribution in [0.3, 0.4) is 0 Å². The van der Waals surface area contributed by atoms with Gasteiger partial charge in [-0.2, -0.15) is 4.31 Å².